The van der Waals surface area contributed by atoms with Crippen molar-refractivity contribution < 1.29 is 4.39 Å². The monoisotopic (exact) mass is 391 g/mol. The van der Waals surface area contributed by atoms with Crippen molar-refractivity contribution in [1.82, 2.24) is 19.6 Å². The Labute approximate surface area is 143 Å². The first-order valence-electron chi connectivity index (χ1n) is 6.63. The standard InChI is InChI=1S/C15H8BrClFN5/c16-8-1-3-11(10(18)5-8)20-14-15-22-19-7-23(15)13-6-9(17)2-4-12(13)21-14/h1-7H,(H,20,21). The quantitative estimate of drug-likeness (QED) is 0.543. The minimum atomic E-state index is -0.393. The third kappa shape index (κ3) is 2.51. The normalized spacial score (nSPS) is 11.3. The van der Waals surface area contributed by atoms with Crippen LogP contribution in [0.4, 0.5) is 15.9 Å². The number of fused-ring (bicyclic) bond motifs is 3. The van der Waals surface area contributed by atoms with E-state index < -0.39 is 5.82 Å². The first-order valence-corrected chi connectivity index (χ1v) is 7.80. The highest BCUT2D eigenvalue weighted by Gasteiger charge is 2.12. The second-order valence-corrected chi connectivity index (χ2v) is 6.22. The highest BCUT2D eigenvalue weighted by molar-refractivity contribution is 9.10. The lowest BCUT2D eigenvalue weighted by Crippen LogP contribution is -2.01. The van der Waals surface area contributed by atoms with E-state index in [1.165, 1.54) is 6.07 Å². The lowest BCUT2D eigenvalue weighted by atomic mass is 10.3. The molecule has 0 atom stereocenters. The molecule has 23 heavy (non-hydrogen) atoms. The number of nitrogens with zero attached hydrogens (tertiary/aromatic N) is 4. The third-order valence-electron chi connectivity index (χ3n) is 3.37. The lowest BCUT2D eigenvalue weighted by molar-refractivity contribution is 0.631. The topological polar surface area (TPSA) is 55.1 Å². The summed E-state index contributed by atoms with van der Waals surface area (Å²) in [7, 11) is 0. The summed E-state index contributed by atoms with van der Waals surface area (Å²) in [4.78, 5) is 4.50. The average molecular weight is 393 g/mol. The van der Waals surface area contributed by atoms with Crippen molar-refractivity contribution in [2.75, 3.05) is 5.32 Å². The molecule has 0 aliphatic carbocycles. The van der Waals surface area contributed by atoms with Crippen molar-refractivity contribution in [3.63, 3.8) is 0 Å². The largest absolute Gasteiger partial charge is 0.335 e. The molecule has 8 heteroatoms. The lowest BCUT2D eigenvalue weighted by Gasteiger charge is -2.10. The van der Waals surface area contributed by atoms with E-state index >= 15 is 0 Å². The van der Waals surface area contributed by atoms with Crippen molar-refractivity contribution in [2.24, 2.45) is 0 Å². The smallest absolute Gasteiger partial charge is 0.204 e. The van der Waals surface area contributed by atoms with Crippen LogP contribution in [0.15, 0.2) is 47.2 Å². The van der Waals surface area contributed by atoms with Gasteiger partial charge < -0.3 is 5.32 Å². The summed E-state index contributed by atoms with van der Waals surface area (Å²) in [6, 6.07) is 10.1. The Morgan fingerprint density at radius 2 is 2.04 bits per heavy atom. The Hall–Kier alpha value is -2.25. The number of hydrogen-bond donors (Lipinski definition) is 1. The van der Waals surface area contributed by atoms with Gasteiger partial charge in [-0.05, 0) is 36.4 Å². The van der Waals surface area contributed by atoms with Crippen molar-refractivity contribution >= 4 is 55.7 Å². The maximum Gasteiger partial charge on any atom is 0.204 e. The third-order valence-corrected chi connectivity index (χ3v) is 4.10. The van der Waals surface area contributed by atoms with E-state index in [0.717, 1.165) is 5.52 Å². The molecule has 4 aromatic rings. The molecule has 0 unspecified atom stereocenters. The van der Waals surface area contributed by atoms with Crippen LogP contribution in [0.5, 0.6) is 0 Å². The van der Waals surface area contributed by atoms with Gasteiger partial charge in [-0.2, -0.15) is 0 Å². The van der Waals surface area contributed by atoms with Crippen molar-refractivity contribution in [3.8, 4) is 0 Å². The van der Waals surface area contributed by atoms with E-state index in [0.29, 0.717) is 32.2 Å². The summed E-state index contributed by atoms with van der Waals surface area (Å²) >= 11 is 9.27. The zero-order valence-corrected chi connectivity index (χ0v) is 13.8. The minimum Gasteiger partial charge on any atom is -0.335 e. The number of benzene rings is 2. The Morgan fingerprint density at radius 3 is 2.87 bits per heavy atom. The molecule has 2 aromatic heterocycles. The van der Waals surface area contributed by atoms with E-state index in [2.05, 4.69) is 36.4 Å². The molecule has 2 heterocycles. The first-order chi connectivity index (χ1) is 11.1. The molecule has 1 N–H and O–H groups in total. The number of nitrogens with one attached hydrogen (secondary N) is 1. The fourth-order valence-corrected chi connectivity index (χ4v) is 2.83. The predicted octanol–water partition coefficient (Wildman–Crippen LogP) is 4.58. The van der Waals surface area contributed by atoms with Crippen molar-refractivity contribution in [1.29, 1.82) is 0 Å². The maximum absolute atomic E-state index is 14.0. The second-order valence-electron chi connectivity index (χ2n) is 4.87. The van der Waals surface area contributed by atoms with Crippen LogP contribution in [-0.2, 0) is 0 Å². The van der Waals surface area contributed by atoms with Crippen LogP contribution < -0.4 is 5.32 Å². The molecule has 0 fully saturated rings. The fraction of sp³-hybridized carbons (Fsp3) is 0. The van der Waals surface area contributed by atoms with Crippen LogP contribution in [0, 0.1) is 5.82 Å². The van der Waals surface area contributed by atoms with Gasteiger partial charge in [-0.3, -0.25) is 4.40 Å². The van der Waals surface area contributed by atoms with Crippen LogP contribution in [-0.4, -0.2) is 19.6 Å². The van der Waals surface area contributed by atoms with Gasteiger partial charge >= 0.3 is 0 Å². The Balaban J connectivity index is 1.91. The van der Waals surface area contributed by atoms with Gasteiger partial charge in [0.25, 0.3) is 0 Å². The number of halogens is 3. The summed E-state index contributed by atoms with van der Waals surface area (Å²) in [5, 5.41) is 11.5. The number of anilines is 2. The van der Waals surface area contributed by atoms with E-state index in [1.54, 1.807) is 41.1 Å². The average Bonchev–Trinajstić information content (AvgIpc) is 3.01. The molecular formula is C15H8BrClFN5. The molecule has 0 aliphatic rings. The van der Waals surface area contributed by atoms with Gasteiger partial charge in [0.15, 0.2) is 5.82 Å². The van der Waals surface area contributed by atoms with Gasteiger partial charge in [-0.25, -0.2) is 9.37 Å². The minimum absolute atomic E-state index is 0.305. The van der Waals surface area contributed by atoms with Gasteiger partial charge in [-0.1, -0.05) is 27.5 Å². The Kier molecular flexibility index (Phi) is 3.39. The van der Waals surface area contributed by atoms with E-state index in [9.17, 15) is 4.39 Å². The summed E-state index contributed by atoms with van der Waals surface area (Å²) in [5.41, 5.74) is 2.27. The van der Waals surface area contributed by atoms with Crippen LogP contribution in [0.2, 0.25) is 5.02 Å². The second kappa shape index (κ2) is 5.43. The molecule has 4 rings (SSSR count). The Bertz CT molecular complexity index is 1050. The number of aromatic nitrogens is 4. The van der Waals surface area contributed by atoms with Gasteiger partial charge in [-0.15, -0.1) is 10.2 Å². The molecule has 0 radical (unpaired) electrons. The summed E-state index contributed by atoms with van der Waals surface area (Å²) < 4.78 is 16.5. The van der Waals surface area contributed by atoms with Crippen LogP contribution in [0.3, 0.4) is 0 Å². The summed E-state index contributed by atoms with van der Waals surface area (Å²) in [6.07, 6.45) is 1.57. The molecule has 0 amide bonds. The van der Waals surface area contributed by atoms with Gasteiger partial charge in [0, 0.05) is 9.50 Å². The molecule has 114 valence electrons. The van der Waals surface area contributed by atoms with Gasteiger partial charge in [0.2, 0.25) is 5.65 Å². The highest BCUT2D eigenvalue weighted by atomic mass is 79.9. The van der Waals surface area contributed by atoms with Gasteiger partial charge in [0.05, 0.1) is 16.7 Å². The Morgan fingerprint density at radius 1 is 1.17 bits per heavy atom. The van der Waals surface area contributed by atoms with Gasteiger partial charge in [0.1, 0.15) is 12.1 Å². The molecule has 2 aromatic carbocycles. The molecule has 0 bridgehead atoms. The van der Waals surface area contributed by atoms with E-state index in [4.69, 9.17) is 11.6 Å². The van der Waals surface area contributed by atoms with Crippen LogP contribution in [0.25, 0.3) is 16.7 Å². The number of hydrogen-bond acceptors (Lipinski definition) is 4. The number of rotatable bonds is 2. The maximum atomic E-state index is 14.0. The molecule has 0 spiro atoms. The predicted molar refractivity (Wildman–Crippen MR) is 90.7 cm³/mol. The van der Waals surface area contributed by atoms with E-state index in [1.807, 2.05) is 0 Å². The zero-order valence-electron chi connectivity index (χ0n) is 11.5. The molecule has 0 aliphatic heterocycles. The molecule has 0 saturated carbocycles. The van der Waals surface area contributed by atoms with Crippen molar-refractivity contribution in [3.05, 3.63) is 58.0 Å². The zero-order chi connectivity index (χ0) is 16.0. The molecule has 5 nitrogen and oxygen atoms in total. The first kappa shape index (κ1) is 14.3. The van der Waals surface area contributed by atoms with E-state index in [-0.39, 0.29) is 0 Å². The van der Waals surface area contributed by atoms with Crippen LogP contribution in [0.1, 0.15) is 0 Å². The summed E-state index contributed by atoms with van der Waals surface area (Å²) in [5.74, 6) is 0.0218. The molecular weight excluding hydrogens is 385 g/mol. The fourth-order valence-electron chi connectivity index (χ4n) is 2.33. The van der Waals surface area contributed by atoms with Crippen molar-refractivity contribution in [2.45, 2.75) is 0 Å². The molecule has 0 saturated heterocycles. The highest BCUT2D eigenvalue weighted by Crippen LogP contribution is 2.27. The van der Waals surface area contributed by atoms with Crippen LogP contribution >= 0.6 is 27.5 Å². The summed E-state index contributed by atoms with van der Waals surface area (Å²) in [6.45, 7) is 0. The SMILES string of the molecule is Fc1cc(Br)ccc1Nc1nc2ccc(Cl)cc2n2cnnc12.